The molecule has 0 aromatic rings. The van der Waals surface area contributed by atoms with Crippen LogP contribution in [-0.4, -0.2) is 34.0 Å². The Bertz CT molecular complexity index is 80.1. The molecule has 8 heavy (non-hydrogen) atoms. The van der Waals surface area contributed by atoms with Gasteiger partial charge >= 0.3 is 5.97 Å². The van der Waals surface area contributed by atoms with E-state index in [1.807, 2.05) is 0 Å². The van der Waals surface area contributed by atoms with E-state index < -0.39 is 12.1 Å². The summed E-state index contributed by atoms with van der Waals surface area (Å²) in [7, 11) is 0. The standard InChI is InChI=1S/C4H8O4/c5-2-1-3(6)4(7)8/h3,5-6H,1-2H2,(H,7,8). The van der Waals surface area contributed by atoms with Crippen LogP contribution in [0.15, 0.2) is 0 Å². The normalized spacial score (nSPS) is 13.2. The molecule has 4 nitrogen and oxygen atoms in total. The van der Waals surface area contributed by atoms with Crippen molar-refractivity contribution in [1.82, 2.24) is 0 Å². The van der Waals surface area contributed by atoms with Gasteiger partial charge in [-0.15, -0.1) is 0 Å². The predicted octanol–water partition coefficient (Wildman–Crippen LogP) is -1.19. The summed E-state index contributed by atoms with van der Waals surface area (Å²) < 4.78 is 0. The summed E-state index contributed by atoms with van der Waals surface area (Å²) in [6, 6.07) is 0. The van der Waals surface area contributed by atoms with E-state index in [1.165, 1.54) is 0 Å². The number of carboxylic acid groups (broad SMARTS) is 1. The molecule has 0 radical (unpaired) electrons. The number of aliphatic hydroxyl groups is 2. The summed E-state index contributed by atoms with van der Waals surface area (Å²) in [4.78, 5) is 9.73. The maximum atomic E-state index is 9.73. The SMILES string of the molecule is O=C(O)C(O)CCO. The molecule has 0 aromatic carbocycles. The number of aliphatic hydroxyl groups excluding tert-OH is 2. The molecule has 48 valence electrons. The minimum atomic E-state index is -1.42. The molecule has 3 N–H and O–H groups in total. The van der Waals surface area contributed by atoms with Crippen LogP contribution in [0, 0.1) is 0 Å². The van der Waals surface area contributed by atoms with Crippen molar-refractivity contribution in [2.24, 2.45) is 0 Å². The lowest BCUT2D eigenvalue weighted by Crippen LogP contribution is -2.20. The van der Waals surface area contributed by atoms with Gasteiger partial charge in [-0.05, 0) is 0 Å². The van der Waals surface area contributed by atoms with Crippen LogP contribution in [0.4, 0.5) is 0 Å². The van der Waals surface area contributed by atoms with Gasteiger partial charge in [0.15, 0.2) is 6.10 Å². The maximum Gasteiger partial charge on any atom is 0.332 e. The van der Waals surface area contributed by atoms with Gasteiger partial charge in [0.1, 0.15) is 0 Å². The van der Waals surface area contributed by atoms with E-state index >= 15 is 0 Å². The highest BCUT2D eigenvalue weighted by Crippen LogP contribution is 1.87. The van der Waals surface area contributed by atoms with E-state index in [1.54, 1.807) is 0 Å². The van der Waals surface area contributed by atoms with Crippen molar-refractivity contribution in [2.45, 2.75) is 12.5 Å². The zero-order chi connectivity index (χ0) is 6.57. The summed E-state index contributed by atoms with van der Waals surface area (Å²) in [5, 5.41) is 24.4. The summed E-state index contributed by atoms with van der Waals surface area (Å²) in [6.45, 7) is -0.298. The van der Waals surface area contributed by atoms with E-state index in [4.69, 9.17) is 15.3 Å². The average Bonchev–Trinajstić information content (AvgIpc) is 1.67. The van der Waals surface area contributed by atoms with Crippen LogP contribution in [-0.2, 0) is 4.79 Å². The average molecular weight is 120 g/mol. The fraction of sp³-hybridized carbons (Fsp3) is 0.750. The summed E-state index contributed by atoms with van der Waals surface area (Å²) >= 11 is 0. The van der Waals surface area contributed by atoms with Crippen LogP contribution >= 0.6 is 0 Å². The first-order chi connectivity index (χ1) is 3.68. The van der Waals surface area contributed by atoms with Gasteiger partial charge in [0, 0.05) is 13.0 Å². The van der Waals surface area contributed by atoms with Crippen molar-refractivity contribution in [3.8, 4) is 0 Å². The number of carbonyl (C=O) groups is 1. The van der Waals surface area contributed by atoms with Crippen LogP contribution in [0.3, 0.4) is 0 Å². The Morgan fingerprint density at radius 3 is 2.25 bits per heavy atom. The first-order valence-electron chi connectivity index (χ1n) is 2.20. The van der Waals surface area contributed by atoms with Crippen molar-refractivity contribution in [3.05, 3.63) is 0 Å². The molecule has 0 amide bonds. The molecule has 1 unspecified atom stereocenters. The van der Waals surface area contributed by atoms with Crippen molar-refractivity contribution in [2.75, 3.05) is 6.61 Å². The van der Waals surface area contributed by atoms with E-state index in [0.717, 1.165) is 0 Å². The number of hydrogen-bond donors (Lipinski definition) is 3. The zero-order valence-electron chi connectivity index (χ0n) is 4.24. The molecule has 0 bridgehead atoms. The number of rotatable bonds is 3. The Kier molecular flexibility index (Phi) is 3.14. The van der Waals surface area contributed by atoms with Gasteiger partial charge < -0.3 is 15.3 Å². The Morgan fingerprint density at radius 2 is 2.12 bits per heavy atom. The second kappa shape index (κ2) is 3.40. The smallest absolute Gasteiger partial charge is 0.332 e. The number of aliphatic carboxylic acids is 1. The number of carboxylic acids is 1. The zero-order valence-corrected chi connectivity index (χ0v) is 4.24. The topological polar surface area (TPSA) is 77.8 Å². The van der Waals surface area contributed by atoms with Crippen LogP contribution in [0.1, 0.15) is 6.42 Å². The Balaban J connectivity index is 3.32. The van der Waals surface area contributed by atoms with Gasteiger partial charge in [-0.2, -0.15) is 0 Å². The van der Waals surface area contributed by atoms with E-state index in [0.29, 0.717) is 0 Å². The third-order valence-corrected chi connectivity index (χ3v) is 0.688. The minimum absolute atomic E-state index is 0.102. The molecule has 0 aliphatic rings. The van der Waals surface area contributed by atoms with Crippen molar-refractivity contribution in [3.63, 3.8) is 0 Å². The molecular weight excluding hydrogens is 112 g/mol. The summed E-state index contributed by atoms with van der Waals surface area (Å²) in [5.41, 5.74) is 0. The van der Waals surface area contributed by atoms with Crippen molar-refractivity contribution < 1.29 is 20.1 Å². The maximum absolute atomic E-state index is 9.73. The molecule has 4 heteroatoms. The minimum Gasteiger partial charge on any atom is -0.479 e. The number of hydrogen-bond acceptors (Lipinski definition) is 3. The Morgan fingerprint density at radius 1 is 1.62 bits per heavy atom. The molecule has 0 aliphatic heterocycles. The molecule has 0 fully saturated rings. The van der Waals surface area contributed by atoms with E-state index in [-0.39, 0.29) is 13.0 Å². The summed E-state index contributed by atoms with van der Waals surface area (Å²) in [6.07, 6.45) is -1.52. The third-order valence-electron chi connectivity index (χ3n) is 0.688. The van der Waals surface area contributed by atoms with E-state index in [9.17, 15) is 4.79 Å². The van der Waals surface area contributed by atoms with Gasteiger partial charge in [-0.3, -0.25) is 0 Å². The molecule has 0 saturated carbocycles. The predicted molar refractivity (Wildman–Crippen MR) is 25.3 cm³/mol. The Labute approximate surface area is 46.4 Å². The van der Waals surface area contributed by atoms with Crippen LogP contribution in [0.2, 0.25) is 0 Å². The molecule has 0 heterocycles. The van der Waals surface area contributed by atoms with Crippen molar-refractivity contribution in [1.29, 1.82) is 0 Å². The lowest BCUT2D eigenvalue weighted by Gasteiger charge is -1.98. The lowest BCUT2D eigenvalue weighted by atomic mass is 10.3. The van der Waals surface area contributed by atoms with Gasteiger partial charge in [-0.1, -0.05) is 0 Å². The van der Waals surface area contributed by atoms with E-state index in [2.05, 4.69) is 0 Å². The highest BCUT2D eigenvalue weighted by Gasteiger charge is 2.10. The third kappa shape index (κ3) is 2.54. The highest BCUT2D eigenvalue weighted by atomic mass is 16.4. The first-order valence-corrected chi connectivity index (χ1v) is 2.20. The van der Waals surface area contributed by atoms with Gasteiger partial charge in [0.25, 0.3) is 0 Å². The molecule has 0 aromatic heterocycles. The van der Waals surface area contributed by atoms with Crippen molar-refractivity contribution >= 4 is 5.97 Å². The van der Waals surface area contributed by atoms with Crippen LogP contribution < -0.4 is 0 Å². The molecule has 0 aliphatic carbocycles. The molecular formula is C4H8O4. The molecule has 0 spiro atoms. The molecule has 0 saturated heterocycles. The Hall–Kier alpha value is -0.610. The van der Waals surface area contributed by atoms with Gasteiger partial charge in [0.05, 0.1) is 0 Å². The monoisotopic (exact) mass is 120 g/mol. The second-order valence-electron chi connectivity index (χ2n) is 1.37. The van der Waals surface area contributed by atoms with Gasteiger partial charge in [-0.25, -0.2) is 4.79 Å². The quantitative estimate of drug-likeness (QED) is 0.438. The second-order valence-corrected chi connectivity index (χ2v) is 1.37. The summed E-state index contributed by atoms with van der Waals surface area (Å²) in [5.74, 6) is -1.29. The van der Waals surface area contributed by atoms with Crippen LogP contribution in [0.5, 0.6) is 0 Å². The first kappa shape index (κ1) is 7.39. The largest absolute Gasteiger partial charge is 0.479 e. The molecule has 1 atom stereocenters. The fourth-order valence-electron chi connectivity index (χ4n) is 0.246. The van der Waals surface area contributed by atoms with Gasteiger partial charge in [0.2, 0.25) is 0 Å². The highest BCUT2D eigenvalue weighted by molar-refractivity contribution is 5.71. The molecule has 0 rings (SSSR count). The fourth-order valence-corrected chi connectivity index (χ4v) is 0.246. The lowest BCUT2D eigenvalue weighted by molar-refractivity contribution is -0.147. The van der Waals surface area contributed by atoms with Crippen LogP contribution in [0.25, 0.3) is 0 Å².